The van der Waals surface area contributed by atoms with Crippen LogP contribution in [0, 0.1) is 0 Å². The van der Waals surface area contributed by atoms with Crippen LogP contribution in [0.4, 0.5) is 5.82 Å². The van der Waals surface area contributed by atoms with Gasteiger partial charge in [-0.25, -0.2) is 15.0 Å². The van der Waals surface area contributed by atoms with Crippen LogP contribution in [-0.4, -0.2) is 20.9 Å². The summed E-state index contributed by atoms with van der Waals surface area (Å²) in [6.45, 7) is 0. The summed E-state index contributed by atoms with van der Waals surface area (Å²) in [7, 11) is 0. The summed E-state index contributed by atoms with van der Waals surface area (Å²) in [6.07, 6.45) is 1.48. The van der Waals surface area contributed by atoms with Gasteiger partial charge in [0.1, 0.15) is 16.1 Å². The first-order chi connectivity index (χ1) is 8.95. The van der Waals surface area contributed by atoms with E-state index in [0.717, 1.165) is 0 Å². The van der Waals surface area contributed by atoms with Gasteiger partial charge in [-0.3, -0.25) is 4.79 Å². The number of carbonyl (C=O) groups is 1. The third-order valence-corrected chi connectivity index (χ3v) is 3.06. The molecule has 0 saturated carbocycles. The predicted octanol–water partition coefficient (Wildman–Crippen LogP) is 3.85. The molecule has 1 amide bonds. The van der Waals surface area contributed by atoms with Crippen LogP contribution in [0.3, 0.4) is 0 Å². The summed E-state index contributed by atoms with van der Waals surface area (Å²) >= 11 is 20.4. The van der Waals surface area contributed by atoms with E-state index in [1.807, 2.05) is 0 Å². The Bertz CT molecular complexity index is 632. The highest BCUT2D eigenvalue weighted by molar-refractivity contribution is 9.10. The lowest BCUT2D eigenvalue weighted by molar-refractivity contribution is 0.102. The van der Waals surface area contributed by atoms with Gasteiger partial charge in [-0.15, -0.1) is 0 Å². The molecule has 2 rings (SSSR count). The van der Waals surface area contributed by atoms with Gasteiger partial charge in [0.25, 0.3) is 5.91 Å². The molecule has 0 aliphatic carbocycles. The molecule has 0 radical (unpaired) electrons. The minimum atomic E-state index is -0.482. The molecule has 0 aromatic carbocycles. The van der Waals surface area contributed by atoms with Gasteiger partial charge < -0.3 is 5.32 Å². The van der Waals surface area contributed by atoms with Crippen molar-refractivity contribution in [2.24, 2.45) is 0 Å². The highest BCUT2D eigenvalue weighted by atomic mass is 79.9. The van der Waals surface area contributed by atoms with Crippen molar-refractivity contribution >= 4 is 62.5 Å². The lowest BCUT2D eigenvalue weighted by Crippen LogP contribution is -2.14. The quantitative estimate of drug-likeness (QED) is 0.487. The second kappa shape index (κ2) is 6.00. The van der Waals surface area contributed by atoms with Gasteiger partial charge in [0.05, 0.1) is 5.56 Å². The topological polar surface area (TPSA) is 67.8 Å². The molecule has 0 spiro atoms. The maximum atomic E-state index is 12.0. The summed E-state index contributed by atoms with van der Waals surface area (Å²) in [6, 6.07) is 2.90. The van der Waals surface area contributed by atoms with Gasteiger partial charge in [-0.2, -0.15) is 0 Å². The zero-order chi connectivity index (χ0) is 14.0. The first-order valence-corrected chi connectivity index (χ1v) is 6.71. The molecule has 0 unspecified atom stereocenters. The second-order valence-electron chi connectivity index (χ2n) is 3.29. The maximum absolute atomic E-state index is 12.0. The number of nitrogens with zero attached hydrogens (tertiary/aromatic N) is 3. The van der Waals surface area contributed by atoms with Crippen molar-refractivity contribution in [1.29, 1.82) is 0 Å². The van der Waals surface area contributed by atoms with Gasteiger partial charge >= 0.3 is 0 Å². The summed E-state index contributed by atoms with van der Waals surface area (Å²) < 4.78 is 0.626. The summed E-state index contributed by atoms with van der Waals surface area (Å²) in [5.41, 5.74) is 0.196. The highest BCUT2D eigenvalue weighted by Crippen LogP contribution is 2.20. The Kier molecular flexibility index (Phi) is 4.57. The Labute approximate surface area is 131 Å². The number of amides is 1. The largest absolute Gasteiger partial charge is 0.306 e. The summed E-state index contributed by atoms with van der Waals surface area (Å²) in [5.74, 6) is -0.310. The lowest BCUT2D eigenvalue weighted by Gasteiger charge is -2.06. The van der Waals surface area contributed by atoms with Crippen LogP contribution in [0.15, 0.2) is 22.8 Å². The third-order valence-electron chi connectivity index (χ3n) is 1.96. The Morgan fingerprint density at radius 1 is 1.21 bits per heavy atom. The van der Waals surface area contributed by atoms with Crippen LogP contribution in [0.1, 0.15) is 10.4 Å². The van der Waals surface area contributed by atoms with Crippen LogP contribution >= 0.6 is 50.7 Å². The van der Waals surface area contributed by atoms with E-state index in [2.05, 4.69) is 36.2 Å². The van der Waals surface area contributed by atoms with Crippen molar-refractivity contribution in [3.63, 3.8) is 0 Å². The van der Waals surface area contributed by atoms with E-state index in [4.69, 9.17) is 34.8 Å². The summed E-state index contributed by atoms with van der Waals surface area (Å²) in [4.78, 5) is 23.3. The molecule has 1 N–H and O–H groups in total. The van der Waals surface area contributed by atoms with Crippen molar-refractivity contribution < 1.29 is 4.79 Å². The number of pyridine rings is 1. The molecule has 0 fully saturated rings. The molecule has 0 aliphatic heterocycles. The maximum Gasteiger partial charge on any atom is 0.259 e. The molecular weight excluding hydrogens is 378 g/mol. The number of hydrogen-bond acceptors (Lipinski definition) is 4. The molecule has 0 aliphatic rings. The molecule has 5 nitrogen and oxygen atoms in total. The number of aromatic nitrogens is 3. The molecule has 0 atom stereocenters. The van der Waals surface area contributed by atoms with Crippen LogP contribution in [-0.2, 0) is 0 Å². The first kappa shape index (κ1) is 14.5. The van der Waals surface area contributed by atoms with E-state index in [1.165, 1.54) is 18.3 Å². The van der Waals surface area contributed by atoms with Crippen molar-refractivity contribution in [1.82, 2.24) is 15.0 Å². The molecule has 19 heavy (non-hydrogen) atoms. The normalized spacial score (nSPS) is 10.3. The Hall–Kier alpha value is -0.950. The third kappa shape index (κ3) is 3.76. The molecule has 9 heteroatoms. The monoisotopic (exact) mass is 380 g/mol. The highest BCUT2D eigenvalue weighted by Gasteiger charge is 2.13. The SMILES string of the molecule is O=C(Nc1cc(Cl)nc(Cl)n1)c1cc(Br)cnc1Cl. The molecule has 98 valence electrons. The van der Waals surface area contributed by atoms with E-state index in [9.17, 15) is 4.79 Å². The van der Waals surface area contributed by atoms with E-state index >= 15 is 0 Å². The molecule has 2 aromatic heterocycles. The second-order valence-corrected chi connectivity index (χ2v) is 5.29. The number of hydrogen-bond donors (Lipinski definition) is 1. The molecule has 0 bridgehead atoms. The number of carbonyl (C=O) groups excluding carboxylic acids is 1. The van der Waals surface area contributed by atoms with E-state index in [0.29, 0.717) is 4.47 Å². The Morgan fingerprint density at radius 2 is 1.95 bits per heavy atom. The van der Waals surface area contributed by atoms with Gasteiger partial charge in [0.2, 0.25) is 5.28 Å². The number of halogens is 4. The van der Waals surface area contributed by atoms with Gasteiger partial charge in [-0.1, -0.05) is 23.2 Å². The minimum Gasteiger partial charge on any atom is -0.306 e. The van der Waals surface area contributed by atoms with Crippen molar-refractivity contribution in [3.05, 3.63) is 44.0 Å². The predicted molar refractivity (Wildman–Crippen MR) is 77.0 cm³/mol. The standard InChI is InChI=1S/C10H4BrCl3N4O/c11-4-1-5(8(13)15-3-4)9(19)17-7-2-6(12)16-10(14)18-7/h1-3H,(H,16,17,18,19). The molecule has 0 saturated heterocycles. The molecular formula is C10H4BrCl3N4O. The van der Waals surface area contributed by atoms with Crippen molar-refractivity contribution in [2.75, 3.05) is 5.32 Å². The van der Waals surface area contributed by atoms with Gasteiger partial charge in [0.15, 0.2) is 0 Å². The van der Waals surface area contributed by atoms with Gasteiger partial charge in [0, 0.05) is 16.7 Å². The zero-order valence-corrected chi connectivity index (χ0v) is 12.8. The lowest BCUT2D eigenvalue weighted by atomic mass is 10.2. The van der Waals surface area contributed by atoms with Crippen molar-refractivity contribution in [2.45, 2.75) is 0 Å². The number of anilines is 1. The molecule has 2 aromatic rings. The Morgan fingerprint density at radius 3 is 2.63 bits per heavy atom. The van der Waals surface area contributed by atoms with E-state index in [1.54, 1.807) is 0 Å². The fourth-order valence-electron chi connectivity index (χ4n) is 1.22. The van der Waals surface area contributed by atoms with Crippen LogP contribution in [0.25, 0.3) is 0 Å². The Balaban J connectivity index is 2.28. The smallest absolute Gasteiger partial charge is 0.259 e. The van der Waals surface area contributed by atoms with E-state index in [-0.39, 0.29) is 27.0 Å². The number of nitrogens with one attached hydrogen (secondary N) is 1. The fraction of sp³-hybridized carbons (Fsp3) is 0. The summed E-state index contributed by atoms with van der Waals surface area (Å²) in [5, 5.41) is 2.63. The van der Waals surface area contributed by atoms with Gasteiger partial charge in [-0.05, 0) is 33.6 Å². The van der Waals surface area contributed by atoms with E-state index < -0.39 is 5.91 Å². The number of rotatable bonds is 2. The van der Waals surface area contributed by atoms with Crippen LogP contribution in [0.5, 0.6) is 0 Å². The van der Waals surface area contributed by atoms with Crippen LogP contribution < -0.4 is 5.32 Å². The van der Waals surface area contributed by atoms with Crippen LogP contribution in [0.2, 0.25) is 15.6 Å². The average Bonchev–Trinajstić information content (AvgIpc) is 2.30. The minimum absolute atomic E-state index is 0.0683. The molecule has 2 heterocycles. The first-order valence-electron chi connectivity index (χ1n) is 4.78. The average molecular weight is 382 g/mol. The van der Waals surface area contributed by atoms with Crippen molar-refractivity contribution in [3.8, 4) is 0 Å². The zero-order valence-electron chi connectivity index (χ0n) is 8.99. The fourth-order valence-corrected chi connectivity index (χ4v) is 2.15.